The molecule has 0 spiro atoms. The van der Waals surface area contributed by atoms with Gasteiger partial charge in [-0.1, -0.05) is 12.1 Å². The first kappa shape index (κ1) is 19.1. The Morgan fingerprint density at radius 2 is 1.73 bits per heavy atom. The molecule has 7 nitrogen and oxygen atoms in total. The van der Waals surface area contributed by atoms with Gasteiger partial charge in [-0.05, 0) is 43.3 Å². The summed E-state index contributed by atoms with van der Waals surface area (Å²) < 4.78 is 25.1. The molecule has 0 radical (unpaired) electrons. The highest BCUT2D eigenvalue weighted by molar-refractivity contribution is 7.92. The number of carbonyl (C=O) groups is 2. The van der Waals surface area contributed by atoms with E-state index in [0.29, 0.717) is 11.3 Å². The first-order chi connectivity index (χ1) is 12.2. The zero-order valence-corrected chi connectivity index (χ0v) is 15.1. The van der Waals surface area contributed by atoms with Crippen molar-refractivity contribution in [3.8, 4) is 6.07 Å². The van der Waals surface area contributed by atoms with E-state index in [1.54, 1.807) is 36.4 Å². The lowest BCUT2D eigenvalue weighted by Gasteiger charge is -2.22. The standard InChI is InChI=1S/C18H17N3O4S/c1-13(22)14-7-9-16(10-8-14)20-18(23)12-21(26(2,24)25)17-6-4-3-5-15(17)11-19/h3-10H,12H2,1-2H3,(H,20,23). The number of hydrogen-bond acceptors (Lipinski definition) is 5. The van der Waals surface area contributed by atoms with Crippen molar-refractivity contribution in [2.24, 2.45) is 0 Å². The van der Waals surface area contributed by atoms with Crippen molar-refractivity contribution in [3.63, 3.8) is 0 Å². The van der Waals surface area contributed by atoms with E-state index in [0.717, 1.165) is 10.6 Å². The molecular formula is C18H17N3O4S. The number of benzene rings is 2. The van der Waals surface area contributed by atoms with E-state index in [4.69, 9.17) is 0 Å². The number of sulfonamides is 1. The number of amides is 1. The number of Topliss-reactive ketones (excluding diaryl/α,β-unsaturated/α-hetero) is 1. The molecule has 2 aromatic rings. The number of ketones is 1. The van der Waals surface area contributed by atoms with Crippen LogP contribution in [0.1, 0.15) is 22.8 Å². The number of anilines is 2. The molecule has 0 saturated carbocycles. The Balaban J connectivity index is 2.22. The maximum Gasteiger partial charge on any atom is 0.245 e. The van der Waals surface area contributed by atoms with E-state index >= 15 is 0 Å². The third kappa shape index (κ3) is 4.68. The number of carbonyl (C=O) groups excluding carboxylic acids is 2. The maximum atomic E-state index is 12.3. The van der Waals surface area contributed by atoms with Crippen molar-refractivity contribution in [3.05, 3.63) is 59.7 Å². The molecule has 0 aliphatic carbocycles. The van der Waals surface area contributed by atoms with Gasteiger partial charge in [-0.2, -0.15) is 5.26 Å². The van der Waals surface area contributed by atoms with Crippen LogP contribution in [0.15, 0.2) is 48.5 Å². The van der Waals surface area contributed by atoms with Gasteiger partial charge in [0.05, 0.1) is 17.5 Å². The maximum absolute atomic E-state index is 12.3. The van der Waals surface area contributed by atoms with Crippen molar-refractivity contribution in [2.75, 3.05) is 22.4 Å². The highest BCUT2D eigenvalue weighted by atomic mass is 32.2. The van der Waals surface area contributed by atoms with Gasteiger partial charge in [0.25, 0.3) is 0 Å². The van der Waals surface area contributed by atoms with Crippen LogP contribution in [0.4, 0.5) is 11.4 Å². The third-order valence-corrected chi connectivity index (χ3v) is 4.68. The fourth-order valence-corrected chi connectivity index (χ4v) is 3.15. The topological polar surface area (TPSA) is 107 Å². The molecule has 2 rings (SSSR count). The highest BCUT2D eigenvalue weighted by Crippen LogP contribution is 2.22. The monoisotopic (exact) mass is 371 g/mol. The van der Waals surface area contributed by atoms with Gasteiger partial charge in [0.2, 0.25) is 15.9 Å². The van der Waals surface area contributed by atoms with Gasteiger partial charge in [0.15, 0.2) is 5.78 Å². The molecule has 1 N–H and O–H groups in total. The van der Waals surface area contributed by atoms with Crippen LogP contribution in [0.5, 0.6) is 0 Å². The minimum atomic E-state index is -3.78. The molecule has 2 aromatic carbocycles. The zero-order chi connectivity index (χ0) is 19.3. The summed E-state index contributed by atoms with van der Waals surface area (Å²) in [7, 11) is -3.78. The number of hydrogen-bond donors (Lipinski definition) is 1. The second-order valence-corrected chi connectivity index (χ2v) is 7.49. The van der Waals surface area contributed by atoms with Crippen LogP contribution in [-0.2, 0) is 14.8 Å². The van der Waals surface area contributed by atoms with Crippen LogP contribution < -0.4 is 9.62 Å². The van der Waals surface area contributed by atoms with Gasteiger partial charge in [-0.3, -0.25) is 13.9 Å². The van der Waals surface area contributed by atoms with Crippen LogP contribution in [0, 0.1) is 11.3 Å². The van der Waals surface area contributed by atoms with E-state index in [1.165, 1.54) is 19.1 Å². The van der Waals surface area contributed by atoms with Gasteiger partial charge < -0.3 is 5.32 Å². The Kier molecular flexibility index (Phi) is 5.75. The number of para-hydroxylation sites is 1. The highest BCUT2D eigenvalue weighted by Gasteiger charge is 2.23. The van der Waals surface area contributed by atoms with E-state index in [9.17, 15) is 23.3 Å². The predicted molar refractivity (Wildman–Crippen MR) is 98.4 cm³/mol. The summed E-state index contributed by atoms with van der Waals surface area (Å²) in [5.74, 6) is -0.669. The fourth-order valence-electron chi connectivity index (χ4n) is 2.29. The Morgan fingerprint density at radius 1 is 1.12 bits per heavy atom. The van der Waals surface area contributed by atoms with Crippen molar-refractivity contribution in [1.82, 2.24) is 0 Å². The van der Waals surface area contributed by atoms with Crippen molar-refractivity contribution >= 4 is 33.1 Å². The minimum absolute atomic E-state index is 0.0979. The third-order valence-electron chi connectivity index (χ3n) is 3.56. The molecular weight excluding hydrogens is 354 g/mol. The number of nitriles is 1. The second-order valence-electron chi connectivity index (χ2n) is 5.58. The predicted octanol–water partition coefficient (Wildman–Crippen LogP) is 2.17. The molecule has 0 aliphatic heterocycles. The molecule has 1 amide bonds. The van der Waals surface area contributed by atoms with Crippen LogP contribution in [0.25, 0.3) is 0 Å². The molecule has 26 heavy (non-hydrogen) atoms. The van der Waals surface area contributed by atoms with Gasteiger partial charge >= 0.3 is 0 Å². The molecule has 134 valence electrons. The Hall–Kier alpha value is -3.18. The summed E-state index contributed by atoms with van der Waals surface area (Å²) in [4.78, 5) is 23.6. The Labute approximate surface area is 151 Å². The minimum Gasteiger partial charge on any atom is -0.325 e. The average Bonchev–Trinajstić information content (AvgIpc) is 2.59. The van der Waals surface area contributed by atoms with E-state index in [2.05, 4.69) is 5.32 Å². The lowest BCUT2D eigenvalue weighted by molar-refractivity contribution is -0.114. The number of nitrogens with zero attached hydrogens (tertiary/aromatic N) is 2. The molecule has 0 saturated heterocycles. The summed E-state index contributed by atoms with van der Waals surface area (Å²) in [6.45, 7) is 0.955. The average molecular weight is 371 g/mol. The van der Waals surface area contributed by atoms with E-state index in [1.807, 2.05) is 6.07 Å². The van der Waals surface area contributed by atoms with Crippen LogP contribution >= 0.6 is 0 Å². The molecule has 0 heterocycles. The van der Waals surface area contributed by atoms with Crippen LogP contribution in [-0.4, -0.2) is 32.9 Å². The van der Waals surface area contributed by atoms with E-state index < -0.39 is 22.5 Å². The largest absolute Gasteiger partial charge is 0.325 e. The molecule has 0 fully saturated rings. The summed E-state index contributed by atoms with van der Waals surface area (Å²) in [5, 5.41) is 11.8. The van der Waals surface area contributed by atoms with Crippen LogP contribution in [0.2, 0.25) is 0 Å². The summed E-state index contributed by atoms with van der Waals surface area (Å²) in [5.41, 5.74) is 1.22. The smallest absolute Gasteiger partial charge is 0.245 e. The Morgan fingerprint density at radius 3 is 2.27 bits per heavy atom. The van der Waals surface area contributed by atoms with Crippen molar-refractivity contribution in [2.45, 2.75) is 6.92 Å². The van der Waals surface area contributed by atoms with Gasteiger partial charge in [0, 0.05) is 11.3 Å². The molecule has 8 heteroatoms. The molecule has 0 unspecified atom stereocenters. The van der Waals surface area contributed by atoms with Crippen molar-refractivity contribution < 1.29 is 18.0 Å². The number of rotatable bonds is 6. The zero-order valence-electron chi connectivity index (χ0n) is 14.3. The molecule has 0 atom stereocenters. The molecule has 0 bridgehead atoms. The van der Waals surface area contributed by atoms with Gasteiger partial charge in [0.1, 0.15) is 12.6 Å². The molecule has 0 aromatic heterocycles. The lowest BCUT2D eigenvalue weighted by Crippen LogP contribution is -2.37. The normalized spacial score (nSPS) is 10.7. The molecule has 0 aliphatic rings. The first-order valence-corrected chi connectivity index (χ1v) is 9.45. The summed E-state index contributed by atoms with van der Waals surface area (Å²) in [6, 6.07) is 14.3. The number of nitrogens with one attached hydrogen (secondary N) is 1. The quantitative estimate of drug-likeness (QED) is 0.783. The summed E-state index contributed by atoms with van der Waals surface area (Å²) >= 11 is 0. The fraction of sp³-hybridized carbons (Fsp3) is 0.167. The van der Waals surface area contributed by atoms with Gasteiger partial charge in [-0.15, -0.1) is 0 Å². The second kappa shape index (κ2) is 7.80. The van der Waals surface area contributed by atoms with E-state index in [-0.39, 0.29) is 17.0 Å². The Bertz CT molecular complexity index is 976. The van der Waals surface area contributed by atoms with Crippen LogP contribution in [0.3, 0.4) is 0 Å². The van der Waals surface area contributed by atoms with Crippen molar-refractivity contribution in [1.29, 1.82) is 5.26 Å². The summed E-state index contributed by atoms with van der Waals surface area (Å²) in [6.07, 6.45) is 0.968. The first-order valence-electron chi connectivity index (χ1n) is 7.60. The SMILES string of the molecule is CC(=O)c1ccc(NC(=O)CN(c2ccccc2C#N)S(C)(=O)=O)cc1. The van der Waals surface area contributed by atoms with Gasteiger partial charge in [-0.25, -0.2) is 8.42 Å². The lowest BCUT2D eigenvalue weighted by atomic mass is 10.1.